The van der Waals surface area contributed by atoms with E-state index in [2.05, 4.69) is 10.2 Å². The van der Waals surface area contributed by atoms with Crippen molar-refractivity contribution in [3.8, 4) is 17.2 Å². The lowest BCUT2D eigenvalue weighted by molar-refractivity contribution is 0.0961. The van der Waals surface area contributed by atoms with Gasteiger partial charge in [-0.05, 0) is 37.3 Å². The van der Waals surface area contributed by atoms with Gasteiger partial charge in [0, 0.05) is 18.2 Å². The number of benzene rings is 2. The number of carbonyl (C=O) groups excluding carboxylic acids is 1. The van der Waals surface area contributed by atoms with E-state index >= 15 is 0 Å². The van der Waals surface area contributed by atoms with E-state index in [0.29, 0.717) is 45.9 Å². The largest absolute Gasteiger partial charge is 0.485 e. The molecule has 1 aromatic heterocycles. The highest BCUT2D eigenvalue weighted by atomic mass is 35.5. The van der Waals surface area contributed by atoms with E-state index < -0.39 is 0 Å². The van der Waals surface area contributed by atoms with Crippen molar-refractivity contribution >= 4 is 23.2 Å². The van der Waals surface area contributed by atoms with Crippen LogP contribution in [-0.2, 0) is 11.3 Å². The van der Waals surface area contributed by atoms with Gasteiger partial charge >= 0.3 is 0 Å². The summed E-state index contributed by atoms with van der Waals surface area (Å²) >= 11 is 6.26. The zero-order chi connectivity index (χ0) is 19.7. The molecule has 28 heavy (non-hydrogen) atoms. The summed E-state index contributed by atoms with van der Waals surface area (Å²) in [5.41, 5.74) is 1.82. The Kier molecular flexibility index (Phi) is 5.02. The van der Waals surface area contributed by atoms with Gasteiger partial charge in [0.25, 0.3) is 5.91 Å². The molecule has 4 rings (SSSR count). The second kappa shape index (κ2) is 7.61. The highest BCUT2D eigenvalue weighted by Crippen LogP contribution is 2.40. The lowest BCUT2D eigenvalue weighted by atomic mass is 10.1. The molecule has 0 N–H and O–H groups in total. The standard InChI is InChI=1S/C20H18ClN3O4/c1-12-10-24(16-8-4-7-15(21)18(16)27-12)20(25)14-6-3-5-13(9-14)19-23-22-17(28-19)11-26-2/h3-9,12H,10-11H2,1-2H3. The second-order valence-electron chi connectivity index (χ2n) is 6.45. The van der Waals surface area contributed by atoms with E-state index in [0.717, 1.165) is 0 Å². The molecule has 0 fully saturated rings. The van der Waals surface area contributed by atoms with Crippen LogP contribution < -0.4 is 9.64 Å². The average molecular weight is 400 g/mol. The summed E-state index contributed by atoms with van der Waals surface area (Å²) in [5.74, 6) is 1.07. The maximum absolute atomic E-state index is 13.3. The number of ether oxygens (including phenoxy) is 2. The first-order chi connectivity index (χ1) is 13.6. The molecule has 1 aliphatic rings. The normalized spacial score (nSPS) is 15.8. The number of hydrogen-bond donors (Lipinski definition) is 0. The quantitative estimate of drug-likeness (QED) is 0.660. The summed E-state index contributed by atoms with van der Waals surface area (Å²) in [7, 11) is 1.55. The number of halogens is 1. The Bertz CT molecular complexity index is 1020. The number of rotatable bonds is 4. The molecule has 8 heteroatoms. The Morgan fingerprint density at radius 3 is 2.93 bits per heavy atom. The molecule has 0 spiro atoms. The fourth-order valence-corrected chi connectivity index (χ4v) is 3.32. The van der Waals surface area contributed by atoms with Crippen molar-refractivity contribution in [2.75, 3.05) is 18.6 Å². The minimum absolute atomic E-state index is 0.155. The summed E-state index contributed by atoms with van der Waals surface area (Å²) in [6, 6.07) is 12.4. The summed E-state index contributed by atoms with van der Waals surface area (Å²) in [4.78, 5) is 14.9. The first kappa shape index (κ1) is 18.5. The Labute approximate surface area is 166 Å². The van der Waals surface area contributed by atoms with Crippen molar-refractivity contribution in [1.29, 1.82) is 0 Å². The fraction of sp³-hybridized carbons (Fsp3) is 0.250. The molecular formula is C20H18ClN3O4. The summed E-state index contributed by atoms with van der Waals surface area (Å²) in [5, 5.41) is 8.43. The molecule has 0 saturated heterocycles. The third kappa shape index (κ3) is 3.46. The SMILES string of the molecule is COCc1nnc(-c2cccc(C(=O)N3CC(C)Oc4c(Cl)cccc43)c2)o1. The van der Waals surface area contributed by atoms with Crippen LogP contribution in [0.1, 0.15) is 23.2 Å². The number of para-hydroxylation sites is 1. The van der Waals surface area contributed by atoms with Crippen LogP contribution in [0.4, 0.5) is 5.69 Å². The van der Waals surface area contributed by atoms with E-state index in [1.165, 1.54) is 0 Å². The zero-order valence-corrected chi connectivity index (χ0v) is 16.1. The van der Waals surface area contributed by atoms with E-state index in [-0.39, 0.29) is 18.6 Å². The molecule has 1 aliphatic heterocycles. The van der Waals surface area contributed by atoms with Crippen LogP contribution in [0.25, 0.3) is 11.5 Å². The van der Waals surface area contributed by atoms with Crippen LogP contribution in [0.3, 0.4) is 0 Å². The lowest BCUT2D eigenvalue weighted by Crippen LogP contribution is -2.42. The van der Waals surface area contributed by atoms with Crippen molar-refractivity contribution in [1.82, 2.24) is 10.2 Å². The van der Waals surface area contributed by atoms with Gasteiger partial charge in [0.1, 0.15) is 12.7 Å². The van der Waals surface area contributed by atoms with Gasteiger partial charge < -0.3 is 18.8 Å². The van der Waals surface area contributed by atoms with Crippen LogP contribution in [0.5, 0.6) is 5.75 Å². The van der Waals surface area contributed by atoms with Crippen LogP contribution in [-0.4, -0.2) is 35.9 Å². The third-order valence-electron chi connectivity index (χ3n) is 4.33. The first-order valence-corrected chi connectivity index (χ1v) is 9.13. The maximum atomic E-state index is 13.3. The highest BCUT2D eigenvalue weighted by molar-refractivity contribution is 6.32. The molecular weight excluding hydrogens is 382 g/mol. The smallest absolute Gasteiger partial charge is 0.258 e. The molecule has 7 nitrogen and oxygen atoms in total. The maximum Gasteiger partial charge on any atom is 0.258 e. The van der Waals surface area contributed by atoms with Crippen molar-refractivity contribution in [2.45, 2.75) is 19.6 Å². The fourth-order valence-electron chi connectivity index (χ4n) is 3.11. The molecule has 0 aliphatic carbocycles. The van der Waals surface area contributed by atoms with Crippen molar-refractivity contribution < 1.29 is 18.7 Å². The van der Waals surface area contributed by atoms with Crippen molar-refractivity contribution in [3.05, 3.63) is 58.9 Å². The number of carbonyl (C=O) groups is 1. The molecule has 2 aromatic carbocycles. The third-order valence-corrected chi connectivity index (χ3v) is 4.63. The Hall–Kier alpha value is -2.90. The molecule has 0 radical (unpaired) electrons. The van der Waals surface area contributed by atoms with E-state index in [4.69, 9.17) is 25.5 Å². The van der Waals surface area contributed by atoms with Crippen molar-refractivity contribution in [2.24, 2.45) is 0 Å². The van der Waals surface area contributed by atoms with Crippen LogP contribution in [0.2, 0.25) is 5.02 Å². The number of fused-ring (bicyclic) bond motifs is 1. The minimum atomic E-state index is -0.174. The van der Waals surface area contributed by atoms with Crippen molar-refractivity contribution in [3.63, 3.8) is 0 Å². The minimum Gasteiger partial charge on any atom is -0.485 e. The molecule has 1 amide bonds. The predicted octanol–water partition coefficient (Wildman–Crippen LogP) is 3.96. The highest BCUT2D eigenvalue weighted by Gasteiger charge is 2.30. The predicted molar refractivity (Wildman–Crippen MR) is 104 cm³/mol. The van der Waals surface area contributed by atoms with E-state index in [1.807, 2.05) is 19.1 Å². The van der Waals surface area contributed by atoms with Gasteiger partial charge in [-0.3, -0.25) is 4.79 Å². The van der Waals surface area contributed by atoms with Gasteiger partial charge in [0.2, 0.25) is 11.8 Å². The topological polar surface area (TPSA) is 77.7 Å². The zero-order valence-electron chi connectivity index (χ0n) is 15.4. The molecule has 2 heterocycles. The summed E-state index contributed by atoms with van der Waals surface area (Å²) in [6.07, 6.45) is -0.174. The Balaban J connectivity index is 1.67. The monoisotopic (exact) mass is 399 g/mol. The Morgan fingerprint density at radius 2 is 2.11 bits per heavy atom. The molecule has 0 saturated carbocycles. The second-order valence-corrected chi connectivity index (χ2v) is 6.85. The molecule has 1 unspecified atom stereocenters. The molecule has 0 bridgehead atoms. The molecule has 144 valence electrons. The number of aromatic nitrogens is 2. The molecule has 1 atom stereocenters. The van der Waals surface area contributed by atoms with E-state index in [1.54, 1.807) is 42.3 Å². The van der Waals surface area contributed by atoms with Gasteiger partial charge in [0.15, 0.2) is 5.75 Å². The summed E-state index contributed by atoms with van der Waals surface area (Å²) in [6.45, 7) is 2.56. The Morgan fingerprint density at radius 1 is 1.29 bits per heavy atom. The number of methoxy groups -OCH3 is 1. The van der Waals surface area contributed by atoms with Crippen LogP contribution in [0, 0.1) is 0 Å². The van der Waals surface area contributed by atoms with Gasteiger partial charge in [-0.2, -0.15) is 0 Å². The number of nitrogens with zero attached hydrogens (tertiary/aromatic N) is 3. The van der Waals surface area contributed by atoms with Crippen LogP contribution in [0.15, 0.2) is 46.9 Å². The number of anilines is 1. The first-order valence-electron chi connectivity index (χ1n) is 8.75. The lowest BCUT2D eigenvalue weighted by Gasteiger charge is -2.34. The van der Waals surface area contributed by atoms with E-state index in [9.17, 15) is 4.79 Å². The van der Waals surface area contributed by atoms with Crippen LogP contribution >= 0.6 is 11.6 Å². The van der Waals surface area contributed by atoms with Gasteiger partial charge in [-0.15, -0.1) is 10.2 Å². The van der Waals surface area contributed by atoms with Gasteiger partial charge in [-0.1, -0.05) is 23.7 Å². The number of hydrogen-bond acceptors (Lipinski definition) is 6. The van der Waals surface area contributed by atoms with Gasteiger partial charge in [-0.25, -0.2) is 0 Å². The van der Waals surface area contributed by atoms with Gasteiger partial charge in [0.05, 0.1) is 17.3 Å². The summed E-state index contributed by atoms with van der Waals surface area (Å²) < 4.78 is 16.4. The average Bonchev–Trinajstić information content (AvgIpc) is 3.17. The number of amides is 1. The molecule has 3 aromatic rings.